The number of aliphatic hydroxyl groups is 1. The number of halogens is 2. The molecule has 0 aliphatic heterocycles. The molecule has 2 rings (SSSR count). The summed E-state index contributed by atoms with van der Waals surface area (Å²) in [7, 11) is 0. The smallest absolute Gasteiger partial charge is 0.165 e. The van der Waals surface area contributed by atoms with Gasteiger partial charge in [-0.15, -0.1) is 12.4 Å². The van der Waals surface area contributed by atoms with Crippen molar-refractivity contribution in [2.45, 2.75) is 18.6 Å². The molecule has 4 N–H and O–H groups in total. The second kappa shape index (κ2) is 7.24. The SMILES string of the molecule is Cl.N[C@H](c1cccc(F)c1O)[C@@H](O)Cc1ccccc1. The van der Waals surface area contributed by atoms with Crippen LogP contribution in [0.25, 0.3) is 0 Å². The Bertz CT molecular complexity index is 551. The third-order valence-electron chi connectivity index (χ3n) is 3.08. The minimum absolute atomic E-state index is 0. The molecule has 2 aromatic rings. The highest BCUT2D eigenvalue weighted by Crippen LogP contribution is 2.28. The van der Waals surface area contributed by atoms with E-state index in [-0.39, 0.29) is 18.0 Å². The van der Waals surface area contributed by atoms with E-state index in [1.807, 2.05) is 30.3 Å². The van der Waals surface area contributed by atoms with Gasteiger partial charge in [0.05, 0.1) is 12.1 Å². The summed E-state index contributed by atoms with van der Waals surface area (Å²) in [6, 6.07) is 12.7. The van der Waals surface area contributed by atoms with Gasteiger partial charge in [0, 0.05) is 12.0 Å². The molecule has 0 amide bonds. The van der Waals surface area contributed by atoms with E-state index in [9.17, 15) is 14.6 Å². The van der Waals surface area contributed by atoms with Crippen LogP contribution in [0.2, 0.25) is 0 Å². The summed E-state index contributed by atoms with van der Waals surface area (Å²) in [5.41, 5.74) is 7.02. The van der Waals surface area contributed by atoms with Crippen LogP contribution in [0.1, 0.15) is 17.2 Å². The molecular formula is C15H17ClFNO2. The highest BCUT2D eigenvalue weighted by Gasteiger charge is 2.21. The van der Waals surface area contributed by atoms with Crippen molar-refractivity contribution in [1.82, 2.24) is 0 Å². The molecule has 0 saturated carbocycles. The molecule has 0 spiro atoms. The average molecular weight is 298 g/mol. The summed E-state index contributed by atoms with van der Waals surface area (Å²) in [4.78, 5) is 0. The Morgan fingerprint density at radius 1 is 1.05 bits per heavy atom. The maximum atomic E-state index is 13.2. The van der Waals surface area contributed by atoms with E-state index < -0.39 is 23.7 Å². The number of rotatable bonds is 4. The summed E-state index contributed by atoms with van der Waals surface area (Å²) in [5.74, 6) is -1.23. The second-order valence-corrected chi connectivity index (χ2v) is 4.46. The van der Waals surface area contributed by atoms with Crippen molar-refractivity contribution < 1.29 is 14.6 Å². The molecule has 2 atom stereocenters. The van der Waals surface area contributed by atoms with Crippen LogP contribution < -0.4 is 5.73 Å². The number of aromatic hydroxyl groups is 1. The first kappa shape index (κ1) is 16.4. The molecule has 5 heteroatoms. The standard InChI is InChI=1S/C15H16FNO2.ClH/c16-12-8-4-7-11(15(12)19)14(17)13(18)9-10-5-2-1-3-6-10;/h1-8,13-14,18-19H,9,17H2;1H/t13-,14+;/m0./s1. The first-order chi connectivity index (χ1) is 9.09. The zero-order chi connectivity index (χ0) is 13.8. The van der Waals surface area contributed by atoms with E-state index >= 15 is 0 Å². The number of para-hydroxylation sites is 1. The van der Waals surface area contributed by atoms with Crippen LogP contribution in [0.5, 0.6) is 5.75 Å². The maximum Gasteiger partial charge on any atom is 0.165 e. The first-order valence-electron chi connectivity index (χ1n) is 6.04. The number of hydrogen-bond acceptors (Lipinski definition) is 3. The van der Waals surface area contributed by atoms with E-state index in [1.165, 1.54) is 12.1 Å². The fourth-order valence-corrected chi connectivity index (χ4v) is 1.99. The largest absolute Gasteiger partial charge is 0.505 e. The zero-order valence-corrected chi connectivity index (χ0v) is 11.6. The quantitative estimate of drug-likeness (QED) is 0.812. The minimum Gasteiger partial charge on any atom is -0.505 e. The van der Waals surface area contributed by atoms with Crippen LogP contribution in [0.15, 0.2) is 48.5 Å². The zero-order valence-electron chi connectivity index (χ0n) is 10.7. The predicted octanol–water partition coefficient (Wildman–Crippen LogP) is 2.56. The molecule has 2 aromatic carbocycles. The van der Waals surface area contributed by atoms with Gasteiger partial charge in [0.25, 0.3) is 0 Å². The van der Waals surface area contributed by atoms with Crippen molar-refractivity contribution in [2.24, 2.45) is 5.73 Å². The Balaban J connectivity index is 0.00000200. The Labute approximate surface area is 123 Å². The molecule has 108 valence electrons. The van der Waals surface area contributed by atoms with Gasteiger partial charge in [0.15, 0.2) is 11.6 Å². The Morgan fingerprint density at radius 2 is 1.70 bits per heavy atom. The van der Waals surface area contributed by atoms with Crippen molar-refractivity contribution >= 4 is 12.4 Å². The van der Waals surface area contributed by atoms with E-state index in [0.29, 0.717) is 6.42 Å². The lowest BCUT2D eigenvalue weighted by atomic mass is 9.96. The lowest BCUT2D eigenvalue weighted by molar-refractivity contribution is 0.143. The van der Waals surface area contributed by atoms with Gasteiger partial charge in [-0.05, 0) is 11.6 Å². The molecule has 0 unspecified atom stereocenters. The second-order valence-electron chi connectivity index (χ2n) is 4.46. The molecule has 0 saturated heterocycles. The maximum absolute atomic E-state index is 13.2. The Kier molecular flexibility index (Phi) is 5.95. The lowest BCUT2D eigenvalue weighted by Gasteiger charge is -2.20. The van der Waals surface area contributed by atoms with E-state index in [1.54, 1.807) is 0 Å². The van der Waals surface area contributed by atoms with Gasteiger partial charge in [-0.25, -0.2) is 4.39 Å². The highest BCUT2D eigenvalue weighted by atomic mass is 35.5. The molecule has 0 heterocycles. The molecule has 0 aromatic heterocycles. The number of benzene rings is 2. The molecule has 0 bridgehead atoms. The van der Waals surface area contributed by atoms with Crippen LogP contribution >= 0.6 is 12.4 Å². The normalized spacial score (nSPS) is 13.3. The Hall–Kier alpha value is -1.62. The van der Waals surface area contributed by atoms with Crippen LogP contribution in [0, 0.1) is 5.82 Å². The van der Waals surface area contributed by atoms with E-state index in [0.717, 1.165) is 11.6 Å². The number of aliphatic hydroxyl groups excluding tert-OH is 1. The molecule has 0 fully saturated rings. The first-order valence-corrected chi connectivity index (χ1v) is 6.04. The number of nitrogens with two attached hydrogens (primary N) is 1. The molecule has 0 aliphatic carbocycles. The van der Waals surface area contributed by atoms with Gasteiger partial charge >= 0.3 is 0 Å². The van der Waals surface area contributed by atoms with Crippen LogP contribution in [0.4, 0.5) is 4.39 Å². The van der Waals surface area contributed by atoms with Crippen molar-refractivity contribution in [3.63, 3.8) is 0 Å². The van der Waals surface area contributed by atoms with Gasteiger partial charge in [-0.2, -0.15) is 0 Å². The van der Waals surface area contributed by atoms with Crippen LogP contribution in [-0.2, 0) is 6.42 Å². The third-order valence-corrected chi connectivity index (χ3v) is 3.08. The number of hydrogen-bond donors (Lipinski definition) is 3. The van der Waals surface area contributed by atoms with Crippen molar-refractivity contribution in [2.75, 3.05) is 0 Å². The summed E-state index contributed by atoms with van der Waals surface area (Å²) in [5, 5.41) is 19.7. The Morgan fingerprint density at radius 3 is 2.35 bits per heavy atom. The molecule has 20 heavy (non-hydrogen) atoms. The summed E-state index contributed by atoms with van der Waals surface area (Å²) >= 11 is 0. The van der Waals surface area contributed by atoms with Crippen LogP contribution in [-0.4, -0.2) is 16.3 Å². The van der Waals surface area contributed by atoms with Crippen molar-refractivity contribution in [1.29, 1.82) is 0 Å². The molecule has 3 nitrogen and oxygen atoms in total. The molecule has 0 radical (unpaired) electrons. The fourth-order valence-electron chi connectivity index (χ4n) is 1.99. The summed E-state index contributed by atoms with van der Waals surface area (Å²) < 4.78 is 13.2. The van der Waals surface area contributed by atoms with Gasteiger partial charge in [0.2, 0.25) is 0 Å². The average Bonchev–Trinajstić information content (AvgIpc) is 2.42. The van der Waals surface area contributed by atoms with Crippen molar-refractivity contribution in [3.05, 3.63) is 65.5 Å². The minimum atomic E-state index is -0.893. The number of phenols is 1. The summed E-state index contributed by atoms with van der Waals surface area (Å²) in [6.07, 6.45) is -0.548. The van der Waals surface area contributed by atoms with E-state index in [2.05, 4.69) is 0 Å². The van der Waals surface area contributed by atoms with Crippen molar-refractivity contribution in [3.8, 4) is 5.75 Å². The van der Waals surface area contributed by atoms with E-state index in [4.69, 9.17) is 5.73 Å². The lowest BCUT2D eigenvalue weighted by Crippen LogP contribution is -2.28. The van der Waals surface area contributed by atoms with Gasteiger partial charge in [-0.3, -0.25) is 0 Å². The highest BCUT2D eigenvalue weighted by molar-refractivity contribution is 5.85. The third kappa shape index (κ3) is 3.70. The topological polar surface area (TPSA) is 66.5 Å². The monoisotopic (exact) mass is 297 g/mol. The van der Waals surface area contributed by atoms with Gasteiger partial charge < -0.3 is 15.9 Å². The number of phenolic OH excluding ortho intramolecular Hbond substituents is 1. The molecular weight excluding hydrogens is 281 g/mol. The van der Waals surface area contributed by atoms with Crippen LogP contribution in [0.3, 0.4) is 0 Å². The molecule has 0 aliphatic rings. The van der Waals surface area contributed by atoms with Gasteiger partial charge in [-0.1, -0.05) is 42.5 Å². The van der Waals surface area contributed by atoms with Gasteiger partial charge in [0.1, 0.15) is 0 Å². The fraction of sp³-hybridized carbons (Fsp3) is 0.200. The predicted molar refractivity (Wildman–Crippen MR) is 78.4 cm³/mol. The summed E-state index contributed by atoms with van der Waals surface area (Å²) in [6.45, 7) is 0.